The third-order valence-corrected chi connectivity index (χ3v) is 4.90. The Morgan fingerprint density at radius 2 is 1.88 bits per heavy atom. The monoisotopic (exact) mass is 388 g/mol. The van der Waals surface area contributed by atoms with Gasteiger partial charge in [-0.2, -0.15) is 4.68 Å². The van der Waals surface area contributed by atoms with E-state index in [4.69, 9.17) is 16.3 Å². The molecule has 0 fully saturated rings. The lowest BCUT2D eigenvalue weighted by Crippen LogP contribution is -2.14. The average molecular weight is 389 g/mol. The fraction of sp³-hybridized carbons (Fsp3) is 0.222. The molecule has 134 valence electrons. The second kappa shape index (κ2) is 8.33. The van der Waals surface area contributed by atoms with Crippen LogP contribution < -0.4 is 4.74 Å². The van der Waals surface area contributed by atoms with Crippen LogP contribution >= 0.6 is 23.4 Å². The van der Waals surface area contributed by atoms with Crippen molar-refractivity contribution in [1.82, 2.24) is 20.2 Å². The van der Waals surface area contributed by atoms with Gasteiger partial charge >= 0.3 is 0 Å². The van der Waals surface area contributed by atoms with Crippen LogP contribution in [0.15, 0.2) is 53.7 Å². The zero-order chi connectivity index (χ0) is 18.5. The van der Waals surface area contributed by atoms with Crippen LogP contribution in [-0.2, 0) is 0 Å². The maximum atomic E-state index is 12.7. The normalized spacial score (nSPS) is 12.0. The molecule has 1 heterocycles. The highest BCUT2D eigenvalue weighted by Gasteiger charge is 2.20. The van der Waals surface area contributed by atoms with Gasteiger partial charge in [0.2, 0.25) is 5.16 Å². The number of thioether (sulfide) groups is 1. The molecule has 1 atom stereocenters. The van der Waals surface area contributed by atoms with Gasteiger partial charge in [-0.25, -0.2) is 0 Å². The number of benzene rings is 2. The number of aromatic nitrogens is 4. The van der Waals surface area contributed by atoms with Crippen molar-refractivity contribution >= 4 is 29.1 Å². The summed E-state index contributed by atoms with van der Waals surface area (Å²) in [6.07, 6.45) is 0. The Labute approximate surface area is 160 Å². The highest BCUT2D eigenvalue weighted by Crippen LogP contribution is 2.26. The predicted octanol–water partition coefficient (Wildman–Crippen LogP) is 4.08. The van der Waals surface area contributed by atoms with Gasteiger partial charge in [0.1, 0.15) is 5.75 Å². The molecule has 3 aromatic rings. The summed E-state index contributed by atoms with van der Waals surface area (Å²) in [5, 5.41) is 12.6. The van der Waals surface area contributed by atoms with Crippen molar-refractivity contribution < 1.29 is 9.53 Å². The number of hydrogen-bond acceptors (Lipinski definition) is 6. The molecule has 0 aliphatic carbocycles. The van der Waals surface area contributed by atoms with Crippen molar-refractivity contribution in [1.29, 1.82) is 0 Å². The van der Waals surface area contributed by atoms with Crippen molar-refractivity contribution in [2.45, 2.75) is 24.3 Å². The van der Waals surface area contributed by atoms with E-state index in [0.717, 1.165) is 11.4 Å². The molecule has 0 N–H and O–H groups in total. The van der Waals surface area contributed by atoms with Crippen LogP contribution in [0.5, 0.6) is 5.75 Å². The summed E-state index contributed by atoms with van der Waals surface area (Å²) in [6.45, 7) is 4.35. The first kappa shape index (κ1) is 18.4. The molecule has 0 spiro atoms. The molecular weight excluding hydrogens is 372 g/mol. The smallest absolute Gasteiger partial charge is 0.214 e. The summed E-state index contributed by atoms with van der Waals surface area (Å²) in [5.74, 6) is 0.750. The van der Waals surface area contributed by atoms with Gasteiger partial charge < -0.3 is 4.74 Å². The quantitative estimate of drug-likeness (QED) is 0.448. The number of rotatable bonds is 7. The number of carbonyl (C=O) groups excluding carboxylic acids is 1. The Morgan fingerprint density at radius 3 is 2.54 bits per heavy atom. The Morgan fingerprint density at radius 1 is 1.19 bits per heavy atom. The summed E-state index contributed by atoms with van der Waals surface area (Å²) in [5.41, 5.74) is 1.40. The van der Waals surface area contributed by atoms with E-state index in [9.17, 15) is 4.79 Å². The summed E-state index contributed by atoms with van der Waals surface area (Å²) in [7, 11) is 0. The average Bonchev–Trinajstić information content (AvgIpc) is 3.11. The highest BCUT2D eigenvalue weighted by atomic mass is 35.5. The fourth-order valence-electron chi connectivity index (χ4n) is 2.33. The second-order valence-electron chi connectivity index (χ2n) is 5.43. The molecule has 3 rings (SSSR count). The van der Waals surface area contributed by atoms with Crippen molar-refractivity contribution in [2.75, 3.05) is 6.61 Å². The maximum absolute atomic E-state index is 12.7. The first-order valence-corrected chi connectivity index (χ1v) is 9.32. The van der Waals surface area contributed by atoms with Gasteiger partial charge in [-0.05, 0) is 72.8 Å². The summed E-state index contributed by atoms with van der Waals surface area (Å²) < 4.78 is 6.99. The first-order chi connectivity index (χ1) is 12.6. The predicted molar refractivity (Wildman–Crippen MR) is 101 cm³/mol. The zero-order valence-corrected chi connectivity index (χ0v) is 15.9. The Bertz CT molecular complexity index is 881. The summed E-state index contributed by atoms with van der Waals surface area (Å²) in [6, 6.07) is 14.3. The number of hydrogen-bond donors (Lipinski definition) is 0. The number of Topliss-reactive ketones (excluding diaryl/α,β-unsaturated/α-hetero) is 1. The van der Waals surface area contributed by atoms with E-state index in [1.807, 2.05) is 26.0 Å². The van der Waals surface area contributed by atoms with Gasteiger partial charge in [0.25, 0.3) is 0 Å². The van der Waals surface area contributed by atoms with Crippen LogP contribution in [0.3, 0.4) is 0 Å². The summed E-state index contributed by atoms with van der Waals surface area (Å²) >= 11 is 7.22. The number of ether oxygens (including phenoxy) is 1. The molecule has 2 aromatic carbocycles. The van der Waals surface area contributed by atoms with E-state index in [0.29, 0.717) is 22.3 Å². The van der Waals surface area contributed by atoms with E-state index in [1.165, 1.54) is 11.8 Å². The first-order valence-electron chi connectivity index (χ1n) is 8.06. The lowest BCUT2D eigenvalue weighted by atomic mass is 10.1. The van der Waals surface area contributed by atoms with Crippen LogP contribution in [0.4, 0.5) is 0 Å². The molecule has 1 aromatic heterocycles. The van der Waals surface area contributed by atoms with E-state index >= 15 is 0 Å². The minimum absolute atomic E-state index is 0.00343. The SMILES string of the molecule is CCOc1ccc(C(=O)[C@H](C)Sc2nnnn2-c2ccc(Cl)cc2)cc1. The van der Waals surface area contributed by atoms with Gasteiger partial charge in [-0.3, -0.25) is 4.79 Å². The number of carbonyl (C=O) groups is 1. The minimum Gasteiger partial charge on any atom is -0.494 e. The Kier molecular flexibility index (Phi) is 5.90. The zero-order valence-electron chi connectivity index (χ0n) is 14.3. The molecule has 0 radical (unpaired) electrons. The molecule has 0 bridgehead atoms. The fourth-order valence-corrected chi connectivity index (χ4v) is 3.34. The molecule has 0 aliphatic rings. The molecule has 0 amide bonds. The second-order valence-corrected chi connectivity index (χ2v) is 7.18. The molecule has 0 saturated carbocycles. The van der Waals surface area contributed by atoms with Crippen LogP contribution in [0.25, 0.3) is 5.69 Å². The lowest BCUT2D eigenvalue weighted by Gasteiger charge is -2.11. The van der Waals surface area contributed by atoms with Gasteiger partial charge in [0.05, 0.1) is 17.5 Å². The lowest BCUT2D eigenvalue weighted by molar-refractivity contribution is 0.0994. The molecular formula is C18H17ClN4O2S. The molecule has 26 heavy (non-hydrogen) atoms. The largest absolute Gasteiger partial charge is 0.494 e. The standard InChI is InChI=1S/C18H17ClN4O2S/c1-3-25-16-10-4-13(5-11-16)17(24)12(2)26-18-20-21-22-23(18)15-8-6-14(19)7-9-15/h4-12H,3H2,1-2H3/t12-/m0/s1. The number of ketones is 1. The van der Waals surface area contributed by atoms with E-state index in [1.54, 1.807) is 41.1 Å². The van der Waals surface area contributed by atoms with Crippen molar-refractivity contribution in [3.05, 3.63) is 59.1 Å². The number of nitrogens with zero attached hydrogens (tertiary/aromatic N) is 4. The molecule has 6 nitrogen and oxygen atoms in total. The highest BCUT2D eigenvalue weighted by molar-refractivity contribution is 8.00. The molecule has 0 unspecified atom stereocenters. The van der Waals surface area contributed by atoms with Gasteiger partial charge in [0.15, 0.2) is 5.78 Å². The molecule has 0 saturated heterocycles. The Hall–Kier alpha value is -2.38. The van der Waals surface area contributed by atoms with Crippen molar-refractivity contribution in [3.63, 3.8) is 0 Å². The summed E-state index contributed by atoms with van der Waals surface area (Å²) in [4.78, 5) is 12.7. The van der Waals surface area contributed by atoms with Gasteiger partial charge in [-0.15, -0.1) is 5.10 Å². The third-order valence-electron chi connectivity index (χ3n) is 3.61. The van der Waals surface area contributed by atoms with E-state index in [-0.39, 0.29) is 11.0 Å². The minimum atomic E-state index is -0.343. The molecule has 0 aliphatic heterocycles. The van der Waals surface area contributed by atoms with Crippen LogP contribution in [0, 0.1) is 0 Å². The maximum Gasteiger partial charge on any atom is 0.214 e. The van der Waals surface area contributed by atoms with Gasteiger partial charge in [-0.1, -0.05) is 23.4 Å². The van der Waals surface area contributed by atoms with Gasteiger partial charge in [0, 0.05) is 10.6 Å². The van der Waals surface area contributed by atoms with Crippen LogP contribution in [0.1, 0.15) is 24.2 Å². The van der Waals surface area contributed by atoms with Crippen LogP contribution in [0.2, 0.25) is 5.02 Å². The van der Waals surface area contributed by atoms with Crippen molar-refractivity contribution in [3.8, 4) is 11.4 Å². The Balaban J connectivity index is 1.74. The topological polar surface area (TPSA) is 69.9 Å². The van der Waals surface area contributed by atoms with Crippen molar-refractivity contribution in [2.24, 2.45) is 0 Å². The van der Waals surface area contributed by atoms with Crippen LogP contribution in [-0.4, -0.2) is 37.8 Å². The third kappa shape index (κ3) is 4.23. The number of tetrazole rings is 1. The number of halogens is 1. The molecule has 8 heteroatoms. The van der Waals surface area contributed by atoms with E-state index in [2.05, 4.69) is 15.5 Å². The van der Waals surface area contributed by atoms with E-state index < -0.39 is 0 Å².